The molecule has 1 atom stereocenters. The Bertz CT molecular complexity index is 949. The van der Waals surface area contributed by atoms with Crippen molar-refractivity contribution in [3.8, 4) is 17.3 Å². The van der Waals surface area contributed by atoms with Crippen molar-refractivity contribution in [3.63, 3.8) is 0 Å². The summed E-state index contributed by atoms with van der Waals surface area (Å²) in [7, 11) is 0. The van der Waals surface area contributed by atoms with E-state index in [4.69, 9.17) is 5.10 Å². The van der Waals surface area contributed by atoms with Gasteiger partial charge in [-0.1, -0.05) is 38.3 Å². The van der Waals surface area contributed by atoms with Crippen molar-refractivity contribution in [3.05, 3.63) is 29.9 Å². The number of aryl methyl sites for hydroxylation is 1. The Kier molecular flexibility index (Phi) is 7.34. The number of hydrogen-bond acceptors (Lipinski definition) is 5. The van der Waals surface area contributed by atoms with Crippen LogP contribution in [-0.4, -0.2) is 25.7 Å². The number of anilines is 1. The molecular weight excluding hydrogens is 376 g/mol. The van der Waals surface area contributed by atoms with Gasteiger partial charge in [-0.15, -0.1) is 0 Å². The normalized spacial score (nSPS) is 15.4. The van der Waals surface area contributed by atoms with E-state index in [1.165, 1.54) is 19.8 Å². The third-order valence-corrected chi connectivity index (χ3v) is 5.69. The molecule has 2 heterocycles. The van der Waals surface area contributed by atoms with E-state index < -0.39 is 0 Å². The summed E-state index contributed by atoms with van der Waals surface area (Å²) in [6.45, 7) is 5.56. The molecule has 2 aromatic heterocycles. The maximum Gasteiger partial charge on any atom is 0.222 e. The van der Waals surface area contributed by atoms with Crippen LogP contribution in [0.4, 0.5) is 5.82 Å². The summed E-state index contributed by atoms with van der Waals surface area (Å²) < 4.78 is 1.87. The van der Waals surface area contributed by atoms with Crippen LogP contribution >= 0.6 is 0 Å². The summed E-state index contributed by atoms with van der Waals surface area (Å²) in [6, 6.07) is 2.32. The zero-order valence-electron chi connectivity index (χ0n) is 18.1. The maximum absolute atomic E-state index is 11.9. The molecule has 0 aliphatic heterocycles. The molecule has 1 aliphatic carbocycles. The Balaban J connectivity index is 2.09. The molecule has 1 amide bonds. The van der Waals surface area contributed by atoms with Gasteiger partial charge in [0.1, 0.15) is 6.33 Å². The zero-order chi connectivity index (χ0) is 21.5. The molecule has 0 unspecified atom stereocenters. The molecule has 0 spiro atoms. The first-order chi connectivity index (χ1) is 14.5. The fourth-order valence-corrected chi connectivity index (χ4v) is 4.17. The second kappa shape index (κ2) is 10.1. The number of rotatable bonds is 8. The first kappa shape index (κ1) is 21.7. The topological polar surface area (TPSA) is 96.5 Å². The van der Waals surface area contributed by atoms with Crippen LogP contribution < -0.4 is 5.32 Å². The average molecular weight is 407 g/mol. The number of unbranched alkanes of at least 4 members (excludes halogenated alkanes) is 1. The standard InChI is InChI=1S/C23H30N6O/c1-4-5-6-11-19-16(2)25-15-26-22(19)20-14-29(28-23(20)27-17(3)30)21(12-13-24)18-9-7-8-10-18/h6,11,14-15,18,21H,4-5,7-10,12H2,1-3H3,(H,27,28,30)/b11-6-/t21-/m0/s1. The maximum atomic E-state index is 11.9. The van der Waals surface area contributed by atoms with E-state index in [1.807, 2.05) is 23.9 Å². The molecular formula is C23H30N6O. The van der Waals surface area contributed by atoms with Crippen molar-refractivity contribution < 1.29 is 4.79 Å². The smallest absolute Gasteiger partial charge is 0.222 e. The Morgan fingerprint density at radius 1 is 1.40 bits per heavy atom. The molecule has 7 nitrogen and oxygen atoms in total. The lowest BCUT2D eigenvalue weighted by Gasteiger charge is -2.21. The van der Waals surface area contributed by atoms with Gasteiger partial charge in [-0.3, -0.25) is 9.48 Å². The predicted octanol–water partition coefficient (Wildman–Crippen LogP) is 5.07. The number of hydrogen-bond donors (Lipinski definition) is 1. The van der Waals surface area contributed by atoms with Gasteiger partial charge in [-0.2, -0.15) is 10.4 Å². The van der Waals surface area contributed by atoms with Crippen molar-refractivity contribution in [1.82, 2.24) is 19.7 Å². The fourth-order valence-electron chi connectivity index (χ4n) is 4.17. The van der Waals surface area contributed by atoms with E-state index in [9.17, 15) is 10.1 Å². The zero-order valence-corrected chi connectivity index (χ0v) is 18.1. The Morgan fingerprint density at radius 3 is 2.83 bits per heavy atom. The van der Waals surface area contributed by atoms with Crippen LogP contribution in [0.1, 0.15) is 76.1 Å². The fraction of sp³-hybridized carbons (Fsp3) is 0.522. The van der Waals surface area contributed by atoms with Gasteiger partial charge in [0.25, 0.3) is 0 Å². The van der Waals surface area contributed by atoms with E-state index in [0.717, 1.165) is 48.2 Å². The highest BCUT2D eigenvalue weighted by atomic mass is 16.1. The summed E-state index contributed by atoms with van der Waals surface area (Å²) in [5.41, 5.74) is 3.30. The number of aromatic nitrogens is 4. The number of carbonyl (C=O) groups excluding carboxylic acids is 1. The van der Waals surface area contributed by atoms with E-state index in [1.54, 1.807) is 6.33 Å². The molecule has 0 bridgehead atoms. The molecule has 0 aromatic carbocycles. The molecule has 3 rings (SSSR count). The van der Waals surface area contributed by atoms with Crippen LogP contribution in [0.5, 0.6) is 0 Å². The molecule has 0 saturated heterocycles. The van der Waals surface area contributed by atoms with Gasteiger partial charge < -0.3 is 5.32 Å². The van der Waals surface area contributed by atoms with Gasteiger partial charge in [0, 0.05) is 24.4 Å². The summed E-state index contributed by atoms with van der Waals surface area (Å²) >= 11 is 0. The van der Waals surface area contributed by atoms with Gasteiger partial charge in [0.15, 0.2) is 5.82 Å². The van der Waals surface area contributed by atoms with Crippen molar-refractivity contribution in [2.75, 3.05) is 5.32 Å². The molecule has 30 heavy (non-hydrogen) atoms. The number of nitriles is 1. The molecule has 2 aromatic rings. The van der Waals surface area contributed by atoms with E-state index in [0.29, 0.717) is 18.2 Å². The van der Waals surface area contributed by atoms with Gasteiger partial charge in [0.2, 0.25) is 5.91 Å². The largest absolute Gasteiger partial charge is 0.309 e. The van der Waals surface area contributed by atoms with E-state index >= 15 is 0 Å². The summed E-state index contributed by atoms with van der Waals surface area (Å²) in [6.07, 6.45) is 14.7. The van der Waals surface area contributed by atoms with Crippen LogP contribution in [-0.2, 0) is 4.79 Å². The molecule has 1 fully saturated rings. The van der Waals surface area contributed by atoms with Crippen molar-refractivity contribution in [1.29, 1.82) is 5.26 Å². The van der Waals surface area contributed by atoms with Crippen LogP contribution in [0, 0.1) is 24.2 Å². The van der Waals surface area contributed by atoms with Crippen LogP contribution in [0.15, 0.2) is 18.6 Å². The minimum atomic E-state index is -0.187. The lowest BCUT2D eigenvalue weighted by molar-refractivity contribution is -0.114. The molecule has 7 heteroatoms. The van der Waals surface area contributed by atoms with Crippen molar-refractivity contribution >= 4 is 17.8 Å². The van der Waals surface area contributed by atoms with Gasteiger partial charge >= 0.3 is 0 Å². The number of allylic oxidation sites excluding steroid dienone is 1. The highest BCUT2D eigenvalue weighted by Gasteiger charge is 2.29. The first-order valence-corrected chi connectivity index (χ1v) is 10.8. The molecule has 1 aliphatic rings. The Labute approximate surface area is 178 Å². The Hall–Kier alpha value is -3.01. The minimum absolute atomic E-state index is 0.000718. The lowest BCUT2D eigenvalue weighted by atomic mass is 9.96. The summed E-state index contributed by atoms with van der Waals surface area (Å²) in [5, 5.41) is 17.0. The van der Waals surface area contributed by atoms with E-state index in [2.05, 4.69) is 34.4 Å². The third-order valence-electron chi connectivity index (χ3n) is 5.69. The van der Waals surface area contributed by atoms with Gasteiger partial charge in [-0.05, 0) is 32.1 Å². The van der Waals surface area contributed by atoms with Crippen molar-refractivity contribution in [2.24, 2.45) is 5.92 Å². The van der Waals surface area contributed by atoms with Crippen molar-refractivity contribution in [2.45, 2.75) is 71.8 Å². The number of nitrogens with zero attached hydrogens (tertiary/aromatic N) is 5. The highest BCUT2D eigenvalue weighted by molar-refractivity contribution is 5.93. The highest BCUT2D eigenvalue weighted by Crippen LogP contribution is 2.38. The minimum Gasteiger partial charge on any atom is -0.309 e. The molecule has 0 radical (unpaired) electrons. The number of amides is 1. The second-order valence-corrected chi connectivity index (χ2v) is 7.94. The average Bonchev–Trinajstić information content (AvgIpc) is 3.37. The number of carbonyl (C=O) groups is 1. The summed E-state index contributed by atoms with van der Waals surface area (Å²) in [4.78, 5) is 20.8. The van der Waals surface area contributed by atoms with Crippen LogP contribution in [0.3, 0.4) is 0 Å². The predicted molar refractivity (Wildman–Crippen MR) is 117 cm³/mol. The first-order valence-electron chi connectivity index (χ1n) is 10.8. The van der Waals surface area contributed by atoms with Gasteiger partial charge in [0.05, 0.1) is 29.8 Å². The second-order valence-electron chi connectivity index (χ2n) is 7.94. The van der Waals surface area contributed by atoms with Crippen LogP contribution in [0.2, 0.25) is 0 Å². The molecule has 1 saturated carbocycles. The summed E-state index contributed by atoms with van der Waals surface area (Å²) in [5.74, 6) is 0.721. The van der Waals surface area contributed by atoms with Crippen LogP contribution in [0.25, 0.3) is 17.3 Å². The monoisotopic (exact) mass is 406 g/mol. The molecule has 158 valence electrons. The van der Waals surface area contributed by atoms with E-state index in [-0.39, 0.29) is 11.9 Å². The number of nitrogens with one attached hydrogen (secondary N) is 1. The quantitative estimate of drug-likeness (QED) is 0.660. The lowest BCUT2D eigenvalue weighted by Crippen LogP contribution is -2.18. The van der Waals surface area contributed by atoms with Gasteiger partial charge in [-0.25, -0.2) is 9.97 Å². The SMILES string of the molecule is CCC/C=C\c1c(C)ncnc1-c1cn([C@@H](CC#N)C2CCCC2)nc1NC(C)=O. The third kappa shape index (κ3) is 4.93. The molecule has 1 N–H and O–H groups in total. The Morgan fingerprint density at radius 2 is 2.17 bits per heavy atom.